The molecule has 2 heteroatoms. The zero-order valence-electron chi connectivity index (χ0n) is 7.74. The molecule has 0 N–H and O–H groups in total. The van der Waals surface area contributed by atoms with Gasteiger partial charge in [-0.2, -0.15) is 0 Å². The summed E-state index contributed by atoms with van der Waals surface area (Å²) < 4.78 is 18.1. The highest BCUT2D eigenvalue weighted by molar-refractivity contribution is 5.27. The van der Waals surface area contributed by atoms with Crippen molar-refractivity contribution >= 4 is 0 Å². The van der Waals surface area contributed by atoms with Crippen LogP contribution in [0.25, 0.3) is 0 Å². The third-order valence-corrected chi connectivity index (χ3v) is 1.52. The van der Waals surface area contributed by atoms with Crippen molar-refractivity contribution in [3.63, 3.8) is 0 Å². The quantitative estimate of drug-likeness (QED) is 0.522. The number of hydrogen-bond acceptors (Lipinski definition) is 1. The summed E-state index contributed by atoms with van der Waals surface area (Å²) in [5.74, 6) is 0.646. The highest BCUT2D eigenvalue weighted by Crippen LogP contribution is 2.15. The summed E-state index contributed by atoms with van der Waals surface area (Å²) >= 11 is 0. The van der Waals surface area contributed by atoms with E-state index in [2.05, 4.69) is 13.2 Å². The molecule has 0 saturated carbocycles. The van der Waals surface area contributed by atoms with Gasteiger partial charge in [-0.05, 0) is 24.3 Å². The minimum Gasteiger partial charge on any atom is -0.457 e. The maximum atomic E-state index is 12.8. The number of hydrogen-bond donors (Lipinski definition) is 0. The van der Waals surface area contributed by atoms with Crippen LogP contribution in [-0.4, -0.2) is 0 Å². The van der Waals surface area contributed by atoms with Crippen LogP contribution in [0.5, 0.6) is 5.75 Å². The zero-order chi connectivity index (χ0) is 10.4. The molecule has 0 atom stereocenters. The first-order chi connectivity index (χ1) is 6.76. The summed E-state index contributed by atoms with van der Waals surface area (Å²) in [5, 5.41) is 0. The van der Waals surface area contributed by atoms with Crippen LogP contribution in [0.15, 0.2) is 61.4 Å². The molecule has 72 valence electrons. The minimum atomic E-state index is -0.329. The molecule has 1 aromatic rings. The van der Waals surface area contributed by atoms with E-state index < -0.39 is 0 Å². The number of rotatable bonds is 4. The molecule has 1 rings (SSSR count). The summed E-state index contributed by atoms with van der Waals surface area (Å²) in [4.78, 5) is 0. The highest BCUT2D eigenvalue weighted by atomic mass is 19.1. The van der Waals surface area contributed by atoms with Crippen LogP contribution < -0.4 is 4.74 Å². The van der Waals surface area contributed by atoms with Gasteiger partial charge in [-0.1, -0.05) is 25.3 Å². The van der Waals surface area contributed by atoms with Crippen molar-refractivity contribution in [1.29, 1.82) is 0 Å². The monoisotopic (exact) mass is 190 g/mol. The Hall–Kier alpha value is -1.83. The average Bonchev–Trinajstić information content (AvgIpc) is 2.17. The first-order valence-corrected chi connectivity index (χ1v) is 4.15. The second-order valence-electron chi connectivity index (χ2n) is 2.57. The predicted molar refractivity (Wildman–Crippen MR) is 55.5 cm³/mol. The van der Waals surface area contributed by atoms with Crippen molar-refractivity contribution in [2.75, 3.05) is 0 Å². The van der Waals surface area contributed by atoms with Crippen LogP contribution in [0.1, 0.15) is 0 Å². The van der Waals surface area contributed by atoms with Crippen molar-refractivity contribution in [1.82, 2.24) is 0 Å². The lowest BCUT2D eigenvalue weighted by Gasteiger charge is -2.04. The first-order valence-electron chi connectivity index (χ1n) is 4.15. The van der Waals surface area contributed by atoms with E-state index in [0.717, 1.165) is 0 Å². The van der Waals surface area contributed by atoms with Gasteiger partial charge in [-0.15, -0.1) is 0 Å². The van der Waals surface area contributed by atoms with E-state index in [1.807, 2.05) is 0 Å². The topological polar surface area (TPSA) is 9.23 Å². The second-order valence-corrected chi connectivity index (χ2v) is 2.57. The Morgan fingerprint density at radius 3 is 2.71 bits per heavy atom. The summed E-state index contributed by atoms with van der Waals surface area (Å²) in [7, 11) is 0. The van der Waals surface area contributed by atoms with Crippen LogP contribution in [0.2, 0.25) is 0 Å². The summed E-state index contributed by atoms with van der Waals surface area (Å²) in [6.07, 6.45) is 4.76. The number of allylic oxidation sites excluding steroid dienone is 3. The van der Waals surface area contributed by atoms with Crippen LogP contribution in [0.3, 0.4) is 0 Å². The molecule has 0 spiro atoms. The Bertz CT molecular complexity index is 366. The Morgan fingerprint density at radius 2 is 2.14 bits per heavy atom. The molecule has 0 radical (unpaired) electrons. The second kappa shape index (κ2) is 5.02. The predicted octanol–water partition coefficient (Wildman–Crippen LogP) is 3.46. The van der Waals surface area contributed by atoms with Crippen molar-refractivity contribution in [3.05, 3.63) is 67.2 Å². The Kier molecular flexibility index (Phi) is 3.68. The molecule has 0 amide bonds. The lowest BCUT2D eigenvalue weighted by atomic mass is 10.3. The highest BCUT2D eigenvalue weighted by Gasteiger charge is 1.97. The SMILES string of the molecule is C=C/C=C(\C=C)Oc1cccc(F)c1. The summed E-state index contributed by atoms with van der Waals surface area (Å²) in [5.41, 5.74) is 0. The largest absolute Gasteiger partial charge is 0.457 e. The minimum absolute atomic E-state index is 0.329. The van der Waals surface area contributed by atoms with E-state index >= 15 is 0 Å². The van der Waals surface area contributed by atoms with Gasteiger partial charge in [-0.3, -0.25) is 0 Å². The van der Waals surface area contributed by atoms with Gasteiger partial charge in [0.05, 0.1) is 0 Å². The average molecular weight is 190 g/mol. The van der Waals surface area contributed by atoms with Gasteiger partial charge in [0, 0.05) is 6.07 Å². The third kappa shape index (κ3) is 2.90. The maximum Gasteiger partial charge on any atom is 0.130 e. The molecule has 14 heavy (non-hydrogen) atoms. The fourth-order valence-electron chi connectivity index (χ4n) is 0.926. The van der Waals surface area contributed by atoms with Crippen LogP contribution in [0, 0.1) is 5.82 Å². The smallest absolute Gasteiger partial charge is 0.130 e. The molecule has 0 bridgehead atoms. The van der Waals surface area contributed by atoms with E-state index in [-0.39, 0.29) is 5.82 Å². The van der Waals surface area contributed by atoms with E-state index in [9.17, 15) is 4.39 Å². The number of halogens is 1. The molecule has 0 heterocycles. The standard InChI is InChI=1S/C12H11FO/c1-3-6-11(4-2)14-12-8-5-7-10(13)9-12/h3-9H,1-2H2/b11-6+. The van der Waals surface area contributed by atoms with Crippen molar-refractivity contribution in [2.45, 2.75) is 0 Å². The molecule has 0 aliphatic carbocycles. The third-order valence-electron chi connectivity index (χ3n) is 1.52. The summed E-state index contributed by atoms with van der Waals surface area (Å²) in [6, 6.07) is 5.92. The molecule has 0 unspecified atom stereocenters. The fraction of sp³-hybridized carbons (Fsp3) is 0. The van der Waals surface area contributed by atoms with Crippen LogP contribution >= 0.6 is 0 Å². The van der Waals surface area contributed by atoms with Gasteiger partial charge >= 0.3 is 0 Å². The van der Waals surface area contributed by atoms with Crippen LogP contribution in [0.4, 0.5) is 4.39 Å². The van der Waals surface area contributed by atoms with E-state index in [1.54, 1.807) is 24.3 Å². The Labute approximate surface area is 82.8 Å². The van der Waals surface area contributed by atoms with E-state index in [4.69, 9.17) is 4.74 Å². The fourth-order valence-corrected chi connectivity index (χ4v) is 0.926. The maximum absolute atomic E-state index is 12.8. The van der Waals surface area contributed by atoms with Gasteiger partial charge in [0.2, 0.25) is 0 Å². The van der Waals surface area contributed by atoms with E-state index in [0.29, 0.717) is 11.5 Å². The molecular formula is C12H11FO. The first kappa shape index (κ1) is 10.3. The molecule has 0 saturated heterocycles. The molecule has 0 fully saturated rings. The lowest BCUT2D eigenvalue weighted by Crippen LogP contribution is -1.91. The van der Waals surface area contributed by atoms with Gasteiger partial charge in [-0.25, -0.2) is 4.39 Å². The normalized spacial score (nSPS) is 10.8. The lowest BCUT2D eigenvalue weighted by molar-refractivity contribution is 0.440. The molecule has 0 aliphatic rings. The molecule has 1 nitrogen and oxygen atoms in total. The van der Waals surface area contributed by atoms with E-state index in [1.165, 1.54) is 18.2 Å². The molecule has 0 aromatic heterocycles. The molecule has 0 aliphatic heterocycles. The Morgan fingerprint density at radius 1 is 1.36 bits per heavy atom. The van der Waals surface area contributed by atoms with Crippen LogP contribution in [-0.2, 0) is 0 Å². The van der Waals surface area contributed by atoms with Gasteiger partial charge in [0.15, 0.2) is 0 Å². The summed E-state index contributed by atoms with van der Waals surface area (Å²) in [6.45, 7) is 7.09. The van der Waals surface area contributed by atoms with Crippen molar-refractivity contribution in [3.8, 4) is 5.75 Å². The Balaban J connectivity index is 2.82. The van der Waals surface area contributed by atoms with Gasteiger partial charge in [0.1, 0.15) is 17.3 Å². The zero-order valence-corrected chi connectivity index (χ0v) is 7.74. The number of ether oxygens (including phenoxy) is 1. The van der Waals surface area contributed by atoms with Gasteiger partial charge < -0.3 is 4.74 Å². The number of benzene rings is 1. The van der Waals surface area contributed by atoms with Gasteiger partial charge in [0.25, 0.3) is 0 Å². The van der Waals surface area contributed by atoms with Crippen molar-refractivity contribution < 1.29 is 9.13 Å². The molecular weight excluding hydrogens is 179 g/mol. The molecule has 1 aromatic carbocycles. The van der Waals surface area contributed by atoms with Crippen molar-refractivity contribution in [2.24, 2.45) is 0 Å².